The summed E-state index contributed by atoms with van der Waals surface area (Å²) < 4.78 is 52.7. The van der Waals surface area contributed by atoms with Gasteiger partial charge in [-0.3, -0.25) is 4.79 Å². The van der Waals surface area contributed by atoms with Crippen molar-refractivity contribution in [3.05, 3.63) is 76.0 Å². The van der Waals surface area contributed by atoms with Crippen molar-refractivity contribution < 1.29 is 37.0 Å². The van der Waals surface area contributed by atoms with Gasteiger partial charge in [0.25, 0.3) is 5.91 Å². The summed E-state index contributed by atoms with van der Waals surface area (Å²) in [6.07, 6.45) is -5.83. The van der Waals surface area contributed by atoms with Crippen molar-refractivity contribution in [2.75, 3.05) is 12.4 Å². The lowest BCUT2D eigenvalue weighted by molar-refractivity contribution is -0.275. The number of hydrogen-bond donors (Lipinski definition) is 1. The van der Waals surface area contributed by atoms with Crippen LogP contribution in [0.3, 0.4) is 0 Å². The predicted octanol–water partition coefficient (Wildman–Crippen LogP) is 6.04. The number of anilines is 1. The van der Waals surface area contributed by atoms with E-state index in [-0.39, 0.29) is 18.2 Å². The van der Waals surface area contributed by atoms with Gasteiger partial charge in [0, 0.05) is 11.3 Å². The van der Waals surface area contributed by atoms with E-state index in [0.717, 1.165) is 16.6 Å². The second-order valence-corrected chi connectivity index (χ2v) is 8.81. The first-order chi connectivity index (χ1) is 17.7. The molecule has 0 fully saturated rings. The molecule has 0 saturated carbocycles. The lowest BCUT2D eigenvalue weighted by Crippen LogP contribution is -2.41. The van der Waals surface area contributed by atoms with Crippen LogP contribution in [0.1, 0.15) is 34.1 Å². The van der Waals surface area contributed by atoms with Gasteiger partial charge in [-0.25, -0.2) is 4.79 Å². The summed E-state index contributed by atoms with van der Waals surface area (Å²) in [5, 5.41) is 10.2. The van der Waals surface area contributed by atoms with Gasteiger partial charge in [-0.2, -0.15) is 10.1 Å². The van der Waals surface area contributed by atoms with Crippen LogP contribution in [-0.2, 0) is 11.3 Å². The van der Waals surface area contributed by atoms with E-state index >= 15 is 0 Å². The van der Waals surface area contributed by atoms with Gasteiger partial charge in [-0.1, -0.05) is 25.1 Å². The summed E-state index contributed by atoms with van der Waals surface area (Å²) in [6.45, 7) is 1.87. The second kappa shape index (κ2) is 10.9. The minimum absolute atomic E-state index is 0.0737. The summed E-state index contributed by atoms with van der Waals surface area (Å²) in [4.78, 5) is 25.4. The molecule has 12 heteroatoms. The van der Waals surface area contributed by atoms with Gasteiger partial charge in [0.1, 0.15) is 11.8 Å². The maximum Gasteiger partial charge on any atom is 0.573 e. The first kappa shape index (κ1) is 26.0. The van der Waals surface area contributed by atoms with E-state index in [0.29, 0.717) is 28.3 Å². The third-order valence-electron chi connectivity index (χ3n) is 5.33. The molecule has 3 aromatic rings. The fraction of sp³-hybridized carbons (Fsp3) is 0.240. The molecule has 0 spiro atoms. The Balaban J connectivity index is 1.53. The van der Waals surface area contributed by atoms with Crippen molar-refractivity contribution in [2.45, 2.75) is 32.4 Å². The zero-order valence-electron chi connectivity index (χ0n) is 19.7. The smallest absolute Gasteiger partial charge is 0.493 e. The molecule has 1 aromatic heterocycles. The normalized spacial score (nSPS) is 15.6. The highest BCUT2D eigenvalue weighted by molar-refractivity contribution is 7.12. The van der Waals surface area contributed by atoms with Gasteiger partial charge >= 0.3 is 12.5 Å². The molecule has 0 saturated heterocycles. The van der Waals surface area contributed by atoms with Crippen LogP contribution in [0.25, 0.3) is 0 Å². The minimum atomic E-state index is -4.88. The van der Waals surface area contributed by atoms with E-state index in [1.807, 2.05) is 5.38 Å². The van der Waals surface area contributed by atoms with E-state index in [9.17, 15) is 22.8 Å². The van der Waals surface area contributed by atoms with Crippen molar-refractivity contribution >= 4 is 34.7 Å². The van der Waals surface area contributed by atoms with Crippen molar-refractivity contribution in [3.63, 3.8) is 0 Å². The van der Waals surface area contributed by atoms with Crippen molar-refractivity contribution in [1.29, 1.82) is 0 Å². The van der Waals surface area contributed by atoms with E-state index in [2.05, 4.69) is 15.2 Å². The van der Waals surface area contributed by atoms with Gasteiger partial charge in [0.2, 0.25) is 0 Å². The number of thiophene rings is 1. The van der Waals surface area contributed by atoms with Crippen LogP contribution in [0.15, 0.2) is 65.1 Å². The van der Waals surface area contributed by atoms with Crippen LogP contribution in [-0.4, -0.2) is 42.3 Å². The zero-order chi connectivity index (χ0) is 26.6. The largest absolute Gasteiger partial charge is 0.573 e. The Morgan fingerprint density at radius 1 is 1.16 bits per heavy atom. The van der Waals surface area contributed by atoms with Crippen LogP contribution in [0, 0.1) is 0 Å². The van der Waals surface area contributed by atoms with E-state index in [1.165, 1.54) is 30.6 Å². The molecule has 2 amide bonds. The number of methoxy groups -OCH3 is 1. The number of carbonyl (C=O) groups is 2. The molecule has 2 aromatic carbocycles. The molecular formula is C25H22F3N3O5S. The Bertz CT molecular complexity index is 1290. The fourth-order valence-corrected chi connectivity index (χ4v) is 4.22. The molecule has 0 radical (unpaired) electrons. The van der Waals surface area contributed by atoms with E-state index in [1.54, 1.807) is 43.3 Å². The number of carbonyl (C=O) groups excluding carboxylic acids is 2. The summed E-state index contributed by atoms with van der Waals surface area (Å²) >= 11 is 1.33. The number of rotatable bonds is 8. The van der Waals surface area contributed by atoms with Crippen molar-refractivity contribution in [3.8, 4) is 11.5 Å². The number of nitrogens with one attached hydrogen (secondary N) is 1. The molecule has 1 aliphatic heterocycles. The number of benzene rings is 2. The number of ether oxygens (including phenoxy) is 3. The molecule has 1 unspecified atom stereocenters. The highest BCUT2D eigenvalue weighted by Gasteiger charge is 2.34. The predicted molar refractivity (Wildman–Crippen MR) is 131 cm³/mol. The van der Waals surface area contributed by atoms with Crippen LogP contribution < -0.4 is 14.8 Å². The minimum Gasteiger partial charge on any atom is -0.493 e. The second-order valence-electron chi connectivity index (χ2n) is 7.87. The molecule has 1 N–H and O–H groups in total. The number of halogens is 3. The first-order valence-electron chi connectivity index (χ1n) is 11.1. The van der Waals surface area contributed by atoms with Crippen LogP contribution in [0.4, 0.5) is 23.7 Å². The molecule has 1 aliphatic rings. The lowest BCUT2D eigenvalue weighted by Gasteiger charge is -2.29. The molecule has 1 atom stereocenters. The molecule has 0 bridgehead atoms. The standard InChI is InChI=1S/C25H22F3N3O5S/c1-3-18-22(16-8-11-19(20(13-16)34-2)36-25(26,27)28)30-31(24(33)35-18)14-15-6-9-17(10-7-15)29-23(32)21-5-4-12-37-21/h4-13,18H,3,14H2,1-2H3,(H,29,32). The highest BCUT2D eigenvalue weighted by Crippen LogP contribution is 2.34. The Kier molecular flexibility index (Phi) is 7.67. The third kappa shape index (κ3) is 6.39. The quantitative estimate of drug-likeness (QED) is 0.381. The molecule has 8 nitrogen and oxygen atoms in total. The Morgan fingerprint density at radius 2 is 1.92 bits per heavy atom. The number of hydrazone groups is 1. The van der Waals surface area contributed by atoms with Gasteiger partial charge < -0.3 is 19.5 Å². The van der Waals surface area contributed by atoms with Gasteiger partial charge in [0.15, 0.2) is 11.5 Å². The van der Waals surface area contributed by atoms with Gasteiger partial charge in [-0.05, 0) is 53.8 Å². The molecule has 2 heterocycles. The Hall–Kier alpha value is -4.06. The van der Waals surface area contributed by atoms with Gasteiger partial charge in [-0.15, -0.1) is 24.5 Å². The fourth-order valence-electron chi connectivity index (χ4n) is 3.60. The molecule has 4 rings (SSSR count). The molecule has 0 aliphatic carbocycles. The van der Waals surface area contributed by atoms with Crippen LogP contribution in [0.5, 0.6) is 11.5 Å². The summed E-state index contributed by atoms with van der Waals surface area (Å²) in [6, 6.07) is 14.3. The van der Waals surface area contributed by atoms with Crippen molar-refractivity contribution in [1.82, 2.24) is 5.01 Å². The summed E-state index contributed by atoms with van der Waals surface area (Å²) in [5.41, 5.74) is 2.09. The van der Waals surface area contributed by atoms with Gasteiger partial charge in [0.05, 0.1) is 18.5 Å². The summed E-state index contributed by atoms with van der Waals surface area (Å²) in [5.74, 6) is -0.858. The Morgan fingerprint density at radius 3 is 2.54 bits per heavy atom. The monoisotopic (exact) mass is 533 g/mol. The Labute approximate surface area is 214 Å². The van der Waals surface area contributed by atoms with E-state index in [4.69, 9.17) is 9.47 Å². The average Bonchev–Trinajstić information content (AvgIpc) is 3.41. The van der Waals surface area contributed by atoms with Crippen molar-refractivity contribution in [2.24, 2.45) is 5.10 Å². The average molecular weight is 534 g/mol. The van der Waals surface area contributed by atoms with Crippen LogP contribution in [0.2, 0.25) is 0 Å². The zero-order valence-corrected chi connectivity index (χ0v) is 20.6. The number of amides is 2. The SMILES string of the molecule is CCC1OC(=O)N(Cc2ccc(NC(=O)c3cccs3)cc2)N=C1c1ccc(OC(F)(F)F)c(OC)c1. The van der Waals surface area contributed by atoms with E-state index < -0.39 is 24.3 Å². The molecular weight excluding hydrogens is 511 g/mol. The summed E-state index contributed by atoms with van der Waals surface area (Å²) in [7, 11) is 1.22. The first-order valence-corrected chi connectivity index (χ1v) is 12.0. The maximum atomic E-state index is 12.7. The maximum absolute atomic E-state index is 12.7. The topological polar surface area (TPSA) is 89.5 Å². The third-order valence-corrected chi connectivity index (χ3v) is 6.20. The number of hydrogen-bond acceptors (Lipinski definition) is 7. The van der Waals surface area contributed by atoms with Crippen LogP contribution >= 0.6 is 11.3 Å². The number of cyclic esters (lactones) is 1. The number of alkyl halides is 3. The highest BCUT2D eigenvalue weighted by atomic mass is 32.1. The molecule has 194 valence electrons. The number of nitrogens with zero attached hydrogens (tertiary/aromatic N) is 2. The lowest BCUT2D eigenvalue weighted by atomic mass is 10.0. The molecule has 37 heavy (non-hydrogen) atoms.